The molecule has 0 bridgehead atoms. The first kappa shape index (κ1) is 17.3. The molecular weight excluding hydrogens is 359 g/mol. The lowest BCUT2D eigenvalue weighted by atomic mass is 9.85. The Labute approximate surface area is 162 Å². The number of nitrogens with zero attached hydrogens (tertiary/aromatic N) is 8. The van der Waals surface area contributed by atoms with Crippen LogP contribution in [-0.4, -0.2) is 56.0 Å². The van der Waals surface area contributed by atoms with Gasteiger partial charge in [-0.05, 0) is 31.4 Å². The van der Waals surface area contributed by atoms with Crippen LogP contribution in [0, 0.1) is 5.82 Å². The molecule has 3 aromatic heterocycles. The summed E-state index contributed by atoms with van der Waals surface area (Å²) < 4.78 is 16.4. The van der Waals surface area contributed by atoms with E-state index in [1.54, 1.807) is 0 Å². The summed E-state index contributed by atoms with van der Waals surface area (Å²) in [6.07, 6.45) is 5.56. The van der Waals surface area contributed by atoms with Gasteiger partial charge in [-0.25, -0.2) is 14.4 Å². The molecule has 0 atom stereocenters. The summed E-state index contributed by atoms with van der Waals surface area (Å²) in [5.74, 6) is 2.38. The largest absolute Gasteiger partial charge is 0.351 e. The van der Waals surface area contributed by atoms with Gasteiger partial charge < -0.3 is 9.80 Å². The fraction of sp³-hybridized carbons (Fsp3) is 0.526. The Morgan fingerprint density at radius 3 is 2.71 bits per heavy atom. The van der Waals surface area contributed by atoms with Gasteiger partial charge in [-0.3, -0.25) is 0 Å². The maximum Gasteiger partial charge on any atom is 0.187 e. The Hall–Kier alpha value is -2.84. The van der Waals surface area contributed by atoms with E-state index in [4.69, 9.17) is 5.10 Å². The van der Waals surface area contributed by atoms with E-state index in [1.807, 2.05) is 35.5 Å². The van der Waals surface area contributed by atoms with E-state index in [9.17, 15) is 4.39 Å². The van der Waals surface area contributed by atoms with Crippen molar-refractivity contribution in [1.29, 1.82) is 0 Å². The van der Waals surface area contributed by atoms with Gasteiger partial charge in [0.2, 0.25) is 0 Å². The van der Waals surface area contributed by atoms with Gasteiger partial charge in [0.1, 0.15) is 12.1 Å². The third-order valence-electron chi connectivity index (χ3n) is 5.99. The van der Waals surface area contributed by atoms with Crippen molar-refractivity contribution in [3.63, 3.8) is 0 Å². The molecule has 1 saturated heterocycles. The van der Waals surface area contributed by atoms with Crippen LogP contribution in [0.2, 0.25) is 0 Å². The number of rotatable bonds is 5. The molecule has 2 aliphatic rings. The lowest BCUT2D eigenvalue weighted by molar-refractivity contribution is 0.394. The van der Waals surface area contributed by atoms with E-state index in [2.05, 4.69) is 25.1 Å². The second-order valence-electron chi connectivity index (χ2n) is 7.63. The molecule has 1 aliphatic carbocycles. The summed E-state index contributed by atoms with van der Waals surface area (Å²) in [6.45, 7) is 3.42. The smallest absolute Gasteiger partial charge is 0.187 e. The molecule has 0 radical (unpaired) electrons. The van der Waals surface area contributed by atoms with Crippen LogP contribution in [0.4, 0.5) is 16.0 Å². The van der Waals surface area contributed by atoms with Crippen LogP contribution in [-0.2, 0) is 6.42 Å². The number of halogens is 1. The second kappa shape index (κ2) is 6.65. The number of hydrogen-bond donors (Lipinski definition) is 0. The molecule has 1 saturated carbocycles. The first-order valence-corrected chi connectivity index (χ1v) is 9.85. The predicted octanol–water partition coefficient (Wildman–Crippen LogP) is 2.21. The maximum absolute atomic E-state index is 14.6. The zero-order valence-electron chi connectivity index (χ0n) is 16.1. The highest BCUT2D eigenvalue weighted by atomic mass is 19.1. The topological polar surface area (TPSA) is 75.3 Å². The standard InChI is InChI=1S/C19H23FN8/c1-3-14-17(20)19(22-11-21-14)26(2)13-9-27(10-13)16-8-7-15-23-24-18(28(15)25-16)12-5-4-6-12/h7-8,11-13H,3-6,9-10H2,1-2H3. The fourth-order valence-electron chi connectivity index (χ4n) is 3.83. The molecule has 0 spiro atoms. The zero-order chi connectivity index (χ0) is 19.3. The van der Waals surface area contributed by atoms with Crippen molar-refractivity contribution in [1.82, 2.24) is 29.8 Å². The maximum atomic E-state index is 14.6. The lowest BCUT2D eigenvalue weighted by Crippen LogP contribution is -2.59. The summed E-state index contributed by atoms with van der Waals surface area (Å²) in [7, 11) is 1.89. The minimum atomic E-state index is -0.319. The van der Waals surface area contributed by atoms with Crippen molar-refractivity contribution in [2.24, 2.45) is 0 Å². The van der Waals surface area contributed by atoms with Gasteiger partial charge in [0, 0.05) is 26.1 Å². The van der Waals surface area contributed by atoms with Crippen molar-refractivity contribution in [2.45, 2.75) is 44.6 Å². The van der Waals surface area contributed by atoms with Crippen LogP contribution >= 0.6 is 0 Å². The van der Waals surface area contributed by atoms with Crippen LogP contribution < -0.4 is 9.80 Å². The third-order valence-corrected chi connectivity index (χ3v) is 5.99. The van der Waals surface area contributed by atoms with Crippen LogP contribution in [0.25, 0.3) is 5.65 Å². The highest BCUT2D eigenvalue weighted by Gasteiger charge is 2.34. The second-order valence-corrected chi connectivity index (χ2v) is 7.63. The van der Waals surface area contributed by atoms with Crippen LogP contribution in [0.15, 0.2) is 18.5 Å². The van der Waals surface area contributed by atoms with Gasteiger partial charge in [0.15, 0.2) is 23.1 Å². The van der Waals surface area contributed by atoms with Crippen molar-refractivity contribution in [2.75, 3.05) is 29.9 Å². The van der Waals surface area contributed by atoms with Crippen molar-refractivity contribution >= 4 is 17.3 Å². The summed E-state index contributed by atoms with van der Waals surface area (Å²) in [5.41, 5.74) is 1.24. The molecule has 0 N–H and O–H groups in total. The Morgan fingerprint density at radius 2 is 2.00 bits per heavy atom. The summed E-state index contributed by atoms with van der Waals surface area (Å²) in [6, 6.07) is 4.12. The van der Waals surface area contributed by atoms with E-state index in [-0.39, 0.29) is 11.9 Å². The molecule has 146 valence electrons. The lowest BCUT2D eigenvalue weighted by Gasteiger charge is -2.45. The normalized spacial score (nSPS) is 17.6. The van der Waals surface area contributed by atoms with Crippen molar-refractivity contribution in [3.8, 4) is 0 Å². The predicted molar refractivity (Wildman–Crippen MR) is 103 cm³/mol. The van der Waals surface area contributed by atoms with Gasteiger partial charge in [0.05, 0.1) is 11.7 Å². The minimum absolute atomic E-state index is 0.179. The molecule has 3 aromatic rings. The van der Waals surface area contributed by atoms with E-state index in [0.29, 0.717) is 23.9 Å². The quantitative estimate of drug-likeness (QED) is 0.670. The average molecular weight is 382 g/mol. The van der Waals surface area contributed by atoms with Gasteiger partial charge in [-0.1, -0.05) is 13.3 Å². The van der Waals surface area contributed by atoms with E-state index >= 15 is 0 Å². The molecule has 2 fully saturated rings. The summed E-state index contributed by atoms with van der Waals surface area (Å²) in [4.78, 5) is 12.3. The highest BCUT2D eigenvalue weighted by Crippen LogP contribution is 2.35. The molecule has 4 heterocycles. The fourth-order valence-corrected chi connectivity index (χ4v) is 3.83. The number of aryl methyl sites for hydroxylation is 1. The Morgan fingerprint density at radius 1 is 1.18 bits per heavy atom. The van der Waals surface area contributed by atoms with Crippen molar-refractivity contribution < 1.29 is 4.39 Å². The molecule has 9 heteroatoms. The van der Waals surface area contributed by atoms with E-state index < -0.39 is 0 Å². The molecule has 1 aliphatic heterocycles. The molecule has 0 aromatic carbocycles. The van der Waals surface area contributed by atoms with Crippen LogP contribution in [0.3, 0.4) is 0 Å². The van der Waals surface area contributed by atoms with Crippen molar-refractivity contribution in [3.05, 3.63) is 35.8 Å². The number of likely N-dealkylation sites (N-methyl/N-ethyl adjacent to an activating group) is 1. The first-order valence-electron chi connectivity index (χ1n) is 9.85. The van der Waals surface area contributed by atoms with Gasteiger partial charge >= 0.3 is 0 Å². The van der Waals surface area contributed by atoms with Crippen LogP contribution in [0.5, 0.6) is 0 Å². The van der Waals surface area contributed by atoms with Gasteiger partial charge in [-0.2, -0.15) is 4.52 Å². The molecule has 28 heavy (non-hydrogen) atoms. The van der Waals surface area contributed by atoms with Gasteiger partial charge in [-0.15, -0.1) is 15.3 Å². The molecule has 8 nitrogen and oxygen atoms in total. The number of fused-ring (bicyclic) bond motifs is 1. The Balaban J connectivity index is 1.32. The molecule has 5 rings (SSSR count). The highest BCUT2D eigenvalue weighted by molar-refractivity contribution is 5.51. The Kier molecular flexibility index (Phi) is 4.10. The number of hydrogen-bond acceptors (Lipinski definition) is 7. The average Bonchev–Trinajstić information content (AvgIpc) is 3.02. The Bertz CT molecular complexity index is 1010. The minimum Gasteiger partial charge on any atom is -0.351 e. The monoisotopic (exact) mass is 382 g/mol. The first-order chi connectivity index (χ1) is 13.7. The van der Waals surface area contributed by atoms with E-state index in [1.165, 1.54) is 12.7 Å². The molecule has 0 amide bonds. The zero-order valence-corrected chi connectivity index (χ0v) is 16.1. The van der Waals surface area contributed by atoms with E-state index in [0.717, 1.165) is 43.2 Å². The summed E-state index contributed by atoms with van der Waals surface area (Å²) in [5, 5.41) is 13.4. The summed E-state index contributed by atoms with van der Waals surface area (Å²) >= 11 is 0. The number of anilines is 2. The molecule has 0 unspecified atom stereocenters. The molecular formula is C19H23FN8. The number of aromatic nitrogens is 6. The SMILES string of the molecule is CCc1ncnc(N(C)C2CN(c3ccc4nnc(C5CCC5)n4n3)C2)c1F. The third kappa shape index (κ3) is 2.68. The van der Waals surface area contributed by atoms with Crippen LogP contribution in [0.1, 0.15) is 43.6 Å². The van der Waals surface area contributed by atoms with Gasteiger partial charge in [0.25, 0.3) is 0 Å².